The van der Waals surface area contributed by atoms with Crippen molar-refractivity contribution in [1.29, 1.82) is 0 Å². The largest absolute Gasteiger partial charge is 0.573 e. The fraction of sp³-hybridized carbons (Fsp3) is 0.258. The molecule has 3 amide bonds. The van der Waals surface area contributed by atoms with Crippen molar-refractivity contribution < 1.29 is 27.5 Å². The molecule has 1 saturated heterocycles. The van der Waals surface area contributed by atoms with E-state index in [2.05, 4.69) is 39.0 Å². The molecule has 0 unspecified atom stereocenters. The van der Waals surface area contributed by atoms with E-state index in [-0.39, 0.29) is 23.3 Å². The first-order chi connectivity index (χ1) is 21.0. The number of nitrogens with one attached hydrogen (secondary N) is 1. The summed E-state index contributed by atoms with van der Waals surface area (Å²) in [5.41, 5.74) is 4.95. The molecule has 5 rings (SSSR count). The van der Waals surface area contributed by atoms with Crippen LogP contribution in [0.25, 0.3) is 17.1 Å². The molecule has 0 bridgehead atoms. The second-order valence-corrected chi connectivity index (χ2v) is 11.3. The molecule has 3 aromatic carbocycles. The molecule has 9 nitrogen and oxygen atoms in total. The highest BCUT2D eigenvalue weighted by atomic mass is 32.2. The van der Waals surface area contributed by atoms with Crippen molar-refractivity contribution in [3.05, 3.63) is 89.7 Å². The normalized spacial score (nSPS) is 14.5. The third kappa shape index (κ3) is 7.46. The lowest BCUT2D eigenvalue weighted by Gasteiger charge is -2.22. The van der Waals surface area contributed by atoms with Crippen LogP contribution in [0.5, 0.6) is 5.75 Å². The first-order valence-electron chi connectivity index (χ1n) is 13.8. The number of carbonyl (C=O) groups is 2. The van der Waals surface area contributed by atoms with Crippen LogP contribution in [0.2, 0.25) is 0 Å². The van der Waals surface area contributed by atoms with Gasteiger partial charge in [-0.25, -0.2) is 14.5 Å². The summed E-state index contributed by atoms with van der Waals surface area (Å²) in [6, 6.07) is 18.2. The van der Waals surface area contributed by atoms with E-state index in [1.807, 2.05) is 49.4 Å². The second kappa shape index (κ2) is 12.9. The average molecular weight is 623 g/mol. The van der Waals surface area contributed by atoms with E-state index in [9.17, 15) is 22.8 Å². The van der Waals surface area contributed by atoms with Crippen LogP contribution in [0.1, 0.15) is 36.5 Å². The number of alkyl halides is 3. The summed E-state index contributed by atoms with van der Waals surface area (Å²) in [4.78, 5) is 35.6. The number of halogens is 3. The molecule has 0 radical (unpaired) electrons. The fourth-order valence-electron chi connectivity index (χ4n) is 4.64. The highest BCUT2D eigenvalue weighted by molar-refractivity contribution is 8.15. The summed E-state index contributed by atoms with van der Waals surface area (Å²) >= 11 is 1.24. The molecule has 1 aliphatic heterocycles. The van der Waals surface area contributed by atoms with Crippen LogP contribution < -0.4 is 15.0 Å². The molecular weight excluding hydrogens is 593 g/mol. The standard InChI is InChI=1S/C31H29F3N6O3S/c1-19(2)25-12-7-20(3)15-26(25)40-27(41)17-44-30(40)37-29(42)35-14-13-21-5-4-6-22(16-21)28-36-18-39(38-28)23-8-10-24(11-9-23)43-31(32,33)34/h4-12,15-16,18-19H,13-14,17H2,1-3H3,(H,35,42)/b37-30-. The van der Waals surface area contributed by atoms with E-state index in [4.69, 9.17) is 0 Å². The lowest BCUT2D eigenvalue weighted by Crippen LogP contribution is -2.32. The van der Waals surface area contributed by atoms with Crippen LogP contribution in [0.3, 0.4) is 0 Å². The number of nitrogens with zero attached hydrogens (tertiary/aromatic N) is 5. The topological polar surface area (TPSA) is 102 Å². The minimum Gasteiger partial charge on any atom is -0.406 e. The van der Waals surface area contributed by atoms with Crippen LogP contribution >= 0.6 is 11.8 Å². The third-order valence-corrected chi connectivity index (χ3v) is 7.64. The van der Waals surface area contributed by atoms with E-state index >= 15 is 0 Å². The van der Waals surface area contributed by atoms with Gasteiger partial charge in [0, 0.05) is 12.1 Å². The number of hydrogen-bond donors (Lipinski definition) is 1. The van der Waals surface area contributed by atoms with Crippen LogP contribution in [-0.4, -0.2) is 50.5 Å². The Hall–Kier alpha value is -4.65. The predicted molar refractivity (Wildman–Crippen MR) is 163 cm³/mol. The van der Waals surface area contributed by atoms with Gasteiger partial charge in [-0.3, -0.25) is 9.69 Å². The zero-order chi connectivity index (χ0) is 31.4. The molecule has 0 saturated carbocycles. The smallest absolute Gasteiger partial charge is 0.406 e. The summed E-state index contributed by atoms with van der Waals surface area (Å²) in [5, 5.41) is 7.60. The number of amidine groups is 1. The third-order valence-electron chi connectivity index (χ3n) is 6.71. The number of rotatable bonds is 8. The molecule has 0 aliphatic carbocycles. The van der Waals surface area contributed by atoms with Crippen molar-refractivity contribution in [1.82, 2.24) is 20.1 Å². The number of anilines is 1. The molecule has 2 heterocycles. The van der Waals surface area contributed by atoms with Gasteiger partial charge in [0.05, 0.1) is 17.1 Å². The Morgan fingerprint density at radius 3 is 2.61 bits per heavy atom. The second-order valence-electron chi connectivity index (χ2n) is 10.4. The maximum Gasteiger partial charge on any atom is 0.573 e. The molecule has 1 aromatic heterocycles. The summed E-state index contributed by atoms with van der Waals surface area (Å²) in [7, 11) is 0. The zero-order valence-corrected chi connectivity index (χ0v) is 24.9. The van der Waals surface area contributed by atoms with Crippen molar-refractivity contribution in [2.45, 2.75) is 39.5 Å². The van der Waals surface area contributed by atoms with Gasteiger partial charge in [-0.15, -0.1) is 18.3 Å². The van der Waals surface area contributed by atoms with Crippen LogP contribution in [0.4, 0.5) is 23.7 Å². The van der Waals surface area contributed by atoms with Gasteiger partial charge in [0.15, 0.2) is 11.0 Å². The fourth-order valence-corrected chi connectivity index (χ4v) is 5.50. The Bertz CT molecular complexity index is 1700. The Morgan fingerprint density at radius 1 is 1.11 bits per heavy atom. The summed E-state index contributed by atoms with van der Waals surface area (Å²) < 4.78 is 42.6. The van der Waals surface area contributed by atoms with E-state index in [0.29, 0.717) is 29.6 Å². The summed E-state index contributed by atoms with van der Waals surface area (Å²) in [6.07, 6.45) is -2.78. The number of ether oxygens (including phenoxy) is 1. The minimum absolute atomic E-state index is 0.116. The van der Waals surface area contributed by atoms with E-state index in [1.54, 1.807) is 0 Å². The van der Waals surface area contributed by atoms with Gasteiger partial charge in [-0.2, -0.15) is 4.99 Å². The van der Waals surface area contributed by atoms with Crippen LogP contribution in [0.15, 0.2) is 78.0 Å². The van der Waals surface area contributed by atoms with Gasteiger partial charge >= 0.3 is 12.4 Å². The molecule has 1 aliphatic rings. The number of hydrogen-bond acceptors (Lipinski definition) is 6. The van der Waals surface area contributed by atoms with Crippen LogP contribution in [-0.2, 0) is 11.2 Å². The van der Waals surface area contributed by atoms with Gasteiger partial charge in [-0.05, 0) is 72.4 Å². The molecule has 13 heteroatoms. The Kier molecular flexibility index (Phi) is 9.04. The first kappa shape index (κ1) is 30.8. The maximum absolute atomic E-state index is 12.8. The molecule has 44 heavy (non-hydrogen) atoms. The maximum atomic E-state index is 12.8. The Morgan fingerprint density at radius 2 is 1.89 bits per heavy atom. The number of amides is 3. The van der Waals surface area contributed by atoms with E-state index in [1.165, 1.54) is 51.9 Å². The molecule has 1 fully saturated rings. The van der Waals surface area contributed by atoms with Crippen molar-refractivity contribution in [2.24, 2.45) is 4.99 Å². The van der Waals surface area contributed by atoms with Crippen molar-refractivity contribution in [2.75, 3.05) is 17.2 Å². The average Bonchev–Trinajstić information content (AvgIpc) is 3.60. The summed E-state index contributed by atoms with van der Waals surface area (Å²) in [6.45, 7) is 6.38. The van der Waals surface area contributed by atoms with Crippen molar-refractivity contribution >= 4 is 34.6 Å². The van der Waals surface area contributed by atoms with Gasteiger partial charge in [-0.1, -0.05) is 55.9 Å². The van der Waals surface area contributed by atoms with Crippen molar-refractivity contribution in [3.8, 4) is 22.8 Å². The van der Waals surface area contributed by atoms with E-state index < -0.39 is 12.4 Å². The van der Waals surface area contributed by atoms with Gasteiger partial charge in [0.25, 0.3) is 0 Å². The molecule has 228 valence electrons. The molecule has 0 spiro atoms. The predicted octanol–water partition coefficient (Wildman–Crippen LogP) is 6.65. The SMILES string of the molecule is Cc1ccc(C(C)C)c(N2C(=O)CS/C2=N\C(=O)NCCc2cccc(-c3ncn(-c4ccc(OC(F)(F)F)cc4)n3)c2)c1. The minimum atomic E-state index is -4.76. The lowest BCUT2D eigenvalue weighted by atomic mass is 9.99. The molecule has 0 atom stereocenters. The van der Waals surface area contributed by atoms with Crippen LogP contribution in [0, 0.1) is 6.92 Å². The monoisotopic (exact) mass is 622 g/mol. The molecule has 4 aromatic rings. The highest BCUT2D eigenvalue weighted by Gasteiger charge is 2.33. The van der Waals surface area contributed by atoms with Gasteiger partial charge in [0.1, 0.15) is 12.1 Å². The zero-order valence-electron chi connectivity index (χ0n) is 24.1. The number of aromatic nitrogens is 3. The quantitative estimate of drug-likeness (QED) is 0.236. The summed E-state index contributed by atoms with van der Waals surface area (Å²) in [5.74, 6) is 0.387. The van der Waals surface area contributed by atoms with Gasteiger partial charge in [0.2, 0.25) is 5.91 Å². The Balaban J connectivity index is 1.21. The number of thioether (sulfide) groups is 1. The number of aryl methyl sites for hydroxylation is 1. The highest BCUT2D eigenvalue weighted by Crippen LogP contribution is 2.34. The molecule has 1 N–H and O–H groups in total. The number of carbonyl (C=O) groups excluding carboxylic acids is 2. The van der Waals surface area contributed by atoms with Gasteiger partial charge < -0.3 is 10.1 Å². The first-order valence-corrected chi connectivity index (χ1v) is 14.8. The number of benzene rings is 3. The number of aliphatic imine (C=N–C) groups is 1. The Labute approximate surface area is 256 Å². The lowest BCUT2D eigenvalue weighted by molar-refractivity contribution is -0.274. The number of urea groups is 1. The molecular formula is C31H29F3N6O3S. The van der Waals surface area contributed by atoms with Crippen molar-refractivity contribution in [3.63, 3.8) is 0 Å². The van der Waals surface area contributed by atoms with E-state index in [0.717, 1.165) is 27.9 Å².